The molecule has 4 nitrogen and oxygen atoms in total. The molecular formula is C12H17BrClFN2O2S. The van der Waals surface area contributed by atoms with Crippen LogP contribution in [0.4, 0.5) is 4.39 Å². The Balaban J connectivity index is 0.00000200. The topological polar surface area (TPSA) is 63.4 Å². The van der Waals surface area contributed by atoms with Crippen molar-refractivity contribution in [2.24, 2.45) is 5.73 Å². The van der Waals surface area contributed by atoms with Crippen LogP contribution in [-0.4, -0.2) is 31.9 Å². The van der Waals surface area contributed by atoms with E-state index in [4.69, 9.17) is 5.73 Å². The van der Waals surface area contributed by atoms with Crippen molar-refractivity contribution >= 4 is 38.4 Å². The Morgan fingerprint density at radius 3 is 2.70 bits per heavy atom. The average molecular weight is 388 g/mol. The van der Waals surface area contributed by atoms with Crippen LogP contribution < -0.4 is 5.73 Å². The number of piperidine rings is 1. The molecule has 1 heterocycles. The molecule has 1 aromatic carbocycles. The van der Waals surface area contributed by atoms with E-state index >= 15 is 0 Å². The standard InChI is InChI=1S/C12H16BrFN2O2S.ClH/c13-11-5-4-10(7-12(11)14)19(17,18)16-6-2-1-3-9(16)8-15;/h4-5,7,9H,1-3,6,8,15H2;1H. The van der Waals surface area contributed by atoms with E-state index in [-0.39, 0.29) is 34.4 Å². The van der Waals surface area contributed by atoms with Crippen LogP contribution in [0.15, 0.2) is 27.6 Å². The molecule has 114 valence electrons. The lowest BCUT2D eigenvalue weighted by Crippen LogP contribution is -2.47. The number of hydrogen-bond donors (Lipinski definition) is 1. The average Bonchev–Trinajstić information content (AvgIpc) is 2.41. The number of nitrogens with zero attached hydrogens (tertiary/aromatic N) is 1. The van der Waals surface area contributed by atoms with Gasteiger partial charge in [-0.05, 0) is 47.0 Å². The van der Waals surface area contributed by atoms with Gasteiger partial charge in [-0.3, -0.25) is 0 Å². The van der Waals surface area contributed by atoms with Gasteiger partial charge in [-0.1, -0.05) is 6.42 Å². The monoisotopic (exact) mass is 386 g/mol. The molecule has 0 saturated carbocycles. The number of hydrogen-bond acceptors (Lipinski definition) is 3. The molecule has 2 N–H and O–H groups in total. The Labute approximate surface area is 133 Å². The minimum atomic E-state index is -3.67. The Hall–Kier alpha value is -0.210. The fourth-order valence-electron chi connectivity index (χ4n) is 2.30. The molecule has 2 rings (SSSR count). The molecule has 1 aliphatic heterocycles. The Morgan fingerprint density at radius 1 is 1.40 bits per heavy atom. The summed E-state index contributed by atoms with van der Waals surface area (Å²) in [6, 6.07) is 3.67. The minimum absolute atomic E-state index is 0. The van der Waals surface area contributed by atoms with Crippen molar-refractivity contribution in [3.05, 3.63) is 28.5 Å². The lowest BCUT2D eigenvalue weighted by molar-refractivity contribution is 0.257. The molecule has 0 bridgehead atoms. The first-order chi connectivity index (χ1) is 8.96. The molecule has 0 radical (unpaired) electrons. The summed E-state index contributed by atoms with van der Waals surface area (Å²) in [4.78, 5) is -0.0199. The van der Waals surface area contributed by atoms with Crippen LogP contribution in [0.25, 0.3) is 0 Å². The van der Waals surface area contributed by atoms with Gasteiger partial charge >= 0.3 is 0 Å². The smallest absolute Gasteiger partial charge is 0.243 e. The SMILES string of the molecule is Cl.NCC1CCCCN1S(=O)(=O)c1ccc(Br)c(F)c1. The molecule has 20 heavy (non-hydrogen) atoms. The summed E-state index contributed by atoms with van der Waals surface area (Å²) >= 11 is 3.01. The minimum Gasteiger partial charge on any atom is -0.329 e. The second-order valence-corrected chi connectivity index (χ2v) is 7.32. The third kappa shape index (κ3) is 3.51. The van der Waals surface area contributed by atoms with Crippen LogP contribution in [0.3, 0.4) is 0 Å². The van der Waals surface area contributed by atoms with Crippen molar-refractivity contribution < 1.29 is 12.8 Å². The van der Waals surface area contributed by atoms with E-state index in [1.807, 2.05) is 0 Å². The van der Waals surface area contributed by atoms with Crippen molar-refractivity contribution in [2.45, 2.75) is 30.2 Å². The maximum absolute atomic E-state index is 13.5. The number of halogens is 3. The van der Waals surface area contributed by atoms with Crippen molar-refractivity contribution in [3.63, 3.8) is 0 Å². The van der Waals surface area contributed by atoms with Gasteiger partial charge in [0.2, 0.25) is 10.0 Å². The van der Waals surface area contributed by atoms with Crippen molar-refractivity contribution in [1.82, 2.24) is 4.31 Å². The molecule has 1 aromatic rings. The van der Waals surface area contributed by atoms with Crippen LogP contribution in [0.2, 0.25) is 0 Å². The molecule has 1 aliphatic rings. The predicted octanol–water partition coefficient (Wildman–Crippen LogP) is 2.51. The Kier molecular flexibility index (Phi) is 6.40. The molecule has 0 spiro atoms. The van der Waals surface area contributed by atoms with Gasteiger partial charge in [0.25, 0.3) is 0 Å². The van der Waals surface area contributed by atoms with Gasteiger partial charge in [0.05, 0.1) is 9.37 Å². The van der Waals surface area contributed by atoms with Crippen molar-refractivity contribution in [1.29, 1.82) is 0 Å². The zero-order valence-electron chi connectivity index (χ0n) is 10.8. The summed E-state index contributed by atoms with van der Waals surface area (Å²) in [6.07, 6.45) is 2.55. The number of benzene rings is 1. The zero-order chi connectivity index (χ0) is 14.0. The molecule has 1 fully saturated rings. The molecule has 0 amide bonds. The van der Waals surface area contributed by atoms with Gasteiger partial charge in [-0.15, -0.1) is 12.4 Å². The Bertz CT molecular complexity index is 571. The zero-order valence-corrected chi connectivity index (χ0v) is 14.0. The highest BCUT2D eigenvalue weighted by atomic mass is 79.9. The molecule has 0 aromatic heterocycles. The summed E-state index contributed by atoms with van der Waals surface area (Å²) < 4.78 is 40.2. The van der Waals surface area contributed by atoms with E-state index in [1.165, 1.54) is 16.4 Å². The first-order valence-corrected chi connectivity index (χ1v) is 8.37. The van der Waals surface area contributed by atoms with Crippen LogP contribution in [0.5, 0.6) is 0 Å². The molecule has 8 heteroatoms. The van der Waals surface area contributed by atoms with Crippen LogP contribution in [-0.2, 0) is 10.0 Å². The van der Waals surface area contributed by atoms with Crippen LogP contribution in [0.1, 0.15) is 19.3 Å². The molecule has 0 aliphatic carbocycles. The second-order valence-electron chi connectivity index (χ2n) is 4.58. The number of nitrogens with two attached hydrogens (primary N) is 1. The molecule has 1 unspecified atom stereocenters. The summed E-state index contributed by atoms with van der Waals surface area (Å²) in [6.45, 7) is 0.736. The van der Waals surface area contributed by atoms with E-state index in [2.05, 4.69) is 15.9 Å². The van der Waals surface area contributed by atoms with E-state index in [1.54, 1.807) is 0 Å². The summed E-state index contributed by atoms with van der Waals surface area (Å²) in [7, 11) is -3.67. The van der Waals surface area contributed by atoms with Crippen LogP contribution >= 0.6 is 28.3 Å². The molecule has 1 atom stereocenters. The van der Waals surface area contributed by atoms with E-state index < -0.39 is 15.8 Å². The first kappa shape index (κ1) is 17.8. The molecular weight excluding hydrogens is 371 g/mol. The van der Waals surface area contributed by atoms with E-state index in [0.29, 0.717) is 6.54 Å². The Morgan fingerprint density at radius 2 is 2.10 bits per heavy atom. The van der Waals surface area contributed by atoms with E-state index in [0.717, 1.165) is 25.3 Å². The van der Waals surface area contributed by atoms with Gasteiger partial charge in [0.15, 0.2) is 0 Å². The highest BCUT2D eigenvalue weighted by molar-refractivity contribution is 9.10. The van der Waals surface area contributed by atoms with Gasteiger partial charge in [0, 0.05) is 19.1 Å². The maximum atomic E-state index is 13.5. The van der Waals surface area contributed by atoms with Gasteiger partial charge in [-0.2, -0.15) is 4.31 Å². The fraction of sp³-hybridized carbons (Fsp3) is 0.500. The van der Waals surface area contributed by atoms with Gasteiger partial charge < -0.3 is 5.73 Å². The summed E-state index contributed by atoms with van der Waals surface area (Å²) in [5.74, 6) is -0.581. The lowest BCUT2D eigenvalue weighted by atomic mass is 10.1. The summed E-state index contributed by atoms with van der Waals surface area (Å²) in [5, 5.41) is 0. The second kappa shape index (κ2) is 7.17. The lowest BCUT2D eigenvalue weighted by Gasteiger charge is -2.33. The predicted molar refractivity (Wildman–Crippen MR) is 81.9 cm³/mol. The fourth-order valence-corrected chi connectivity index (χ4v) is 4.26. The third-order valence-electron chi connectivity index (χ3n) is 3.34. The molecule has 1 saturated heterocycles. The van der Waals surface area contributed by atoms with Crippen LogP contribution in [0, 0.1) is 5.82 Å². The largest absolute Gasteiger partial charge is 0.329 e. The summed E-state index contributed by atoms with van der Waals surface area (Å²) in [5.41, 5.74) is 5.63. The number of sulfonamides is 1. The van der Waals surface area contributed by atoms with Gasteiger partial charge in [-0.25, -0.2) is 12.8 Å². The highest BCUT2D eigenvalue weighted by Gasteiger charge is 2.32. The number of rotatable bonds is 3. The van der Waals surface area contributed by atoms with Gasteiger partial charge in [0.1, 0.15) is 5.82 Å². The highest BCUT2D eigenvalue weighted by Crippen LogP contribution is 2.27. The normalized spacial score (nSPS) is 20.4. The van der Waals surface area contributed by atoms with Crippen molar-refractivity contribution in [2.75, 3.05) is 13.1 Å². The first-order valence-electron chi connectivity index (χ1n) is 6.14. The van der Waals surface area contributed by atoms with Crippen molar-refractivity contribution in [3.8, 4) is 0 Å². The quantitative estimate of drug-likeness (QED) is 0.867. The maximum Gasteiger partial charge on any atom is 0.243 e. The third-order valence-corrected chi connectivity index (χ3v) is 5.93. The van der Waals surface area contributed by atoms with E-state index in [9.17, 15) is 12.8 Å².